The van der Waals surface area contributed by atoms with Gasteiger partial charge in [-0.15, -0.1) is 0 Å². The number of sulfone groups is 1. The summed E-state index contributed by atoms with van der Waals surface area (Å²) in [7, 11) is -3.03. The molecule has 1 heterocycles. The van der Waals surface area contributed by atoms with E-state index in [-0.39, 0.29) is 11.8 Å². The van der Waals surface area contributed by atoms with Gasteiger partial charge in [-0.3, -0.25) is 0 Å². The molecular weight excluding hydrogens is 250 g/mol. The number of rotatable bonds is 4. The fourth-order valence-electron chi connectivity index (χ4n) is 1.29. The number of nitrogens with two attached hydrogens (primary N) is 1. The van der Waals surface area contributed by atoms with E-state index >= 15 is 0 Å². The number of nitrogen functional groups attached to an aromatic ring is 1. The number of aromatic nitrogens is 1. The Morgan fingerprint density at radius 1 is 1.56 bits per heavy atom. The first-order valence-corrected chi connectivity index (χ1v) is 7.08. The Balaban J connectivity index is 2.77. The predicted molar refractivity (Wildman–Crippen MR) is 66.5 cm³/mol. The third-order valence-electron chi connectivity index (χ3n) is 1.83. The Bertz CT molecular complexity index is 476. The smallest absolute Gasteiger partial charge is 0.151 e. The largest absolute Gasteiger partial charge is 0.396 e. The van der Waals surface area contributed by atoms with Gasteiger partial charge in [0.2, 0.25) is 0 Å². The molecule has 0 aliphatic heterocycles. The summed E-state index contributed by atoms with van der Waals surface area (Å²) in [6.45, 7) is 1.74. The summed E-state index contributed by atoms with van der Waals surface area (Å²) in [5.74, 6) is 0.421. The van der Waals surface area contributed by atoms with Crippen LogP contribution < -0.4 is 11.1 Å². The van der Waals surface area contributed by atoms with E-state index in [0.29, 0.717) is 16.7 Å². The number of halogens is 1. The van der Waals surface area contributed by atoms with Crippen LogP contribution in [0.15, 0.2) is 12.1 Å². The van der Waals surface area contributed by atoms with E-state index in [9.17, 15) is 8.42 Å². The fourth-order valence-corrected chi connectivity index (χ4v) is 2.43. The summed E-state index contributed by atoms with van der Waals surface area (Å²) >= 11 is 5.71. The number of nitrogens with zero attached hydrogens (tertiary/aromatic N) is 1. The van der Waals surface area contributed by atoms with Crippen molar-refractivity contribution >= 4 is 32.9 Å². The fraction of sp³-hybridized carbons (Fsp3) is 0.444. The summed E-state index contributed by atoms with van der Waals surface area (Å²) in [6, 6.07) is 2.91. The van der Waals surface area contributed by atoms with Gasteiger partial charge in [-0.25, -0.2) is 13.4 Å². The molecule has 0 fully saturated rings. The first kappa shape index (κ1) is 13.1. The average Bonchev–Trinajstić information content (AvgIpc) is 2.08. The number of hydrogen-bond donors (Lipinski definition) is 2. The highest BCUT2D eigenvalue weighted by molar-refractivity contribution is 7.90. The number of nitrogens with one attached hydrogen (secondary N) is 1. The minimum Gasteiger partial charge on any atom is -0.396 e. The zero-order valence-corrected chi connectivity index (χ0v) is 10.6. The highest BCUT2D eigenvalue weighted by atomic mass is 35.5. The highest BCUT2D eigenvalue weighted by Crippen LogP contribution is 2.19. The van der Waals surface area contributed by atoms with E-state index < -0.39 is 9.84 Å². The molecule has 0 saturated carbocycles. The van der Waals surface area contributed by atoms with Crippen LogP contribution in [0.4, 0.5) is 11.5 Å². The van der Waals surface area contributed by atoms with Gasteiger partial charge in [-0.1, -0.05) is 11.6 Å². The number of anilines is 2. The van der Waals surface area contributed by atoms with Crippen molar-refractivity contribution in [2.45, 2.75) is 13.0 Å². The van der Waals surface area contributed by atoms with Crippen LogP contribution in [0.5, 0.6) is 0 Å². The number of hydrogen-bond acceptors (Lipinski definition) is 5. The Morgan fingerprint density at radius 3 is 2.75 bits per heavy atom. The second-order valence-electron chi connectivity index (χ2n) is 3.71. The molecule has 0 amide bonds. The summed E-state index contributed by atoms with van der Waals surface area (Å²) < 4.78 is 22.1. The Labute approximate surface area is 99.9 Å². The predicted octanol–water partition coefficient (Wildman–Crippen LogP) is 1.16. The van der Waals surface area contributed by atoms with E-state index in [1.807, 2.05) is 0 Å². The molecule has 0 aliphatic carbocycles. The quantitative estimate of drug-likeness (QED) is 0.797. The average molecular weight is 264 g/mol. The van der Waals surface area contributed by atoms with Crippen molar-refractivity contribution in [2.24, 2.45) is 0 Å². The minimum absolute atomic E-state index is 0.0145. The van der Waals surface area contributed by atoms with E-state index in [1.165, 1.54) is 6.26 Å². The Hall–Kier alpha value is -1.01. The second kappa shape index (κ2) is 4.88. The van der Waals surface area contributed by atoms with Crippen LogP contribution in [0.2, 0.25) is 5.15 Å². The maximum Gasteiger partial charge on any atom is 0.151 e. The topological polar surface area (TPSA) is 85.1 Å². The Kier molecular flexibility index (Phi) is 3.98. The van der Waals surface area contributed by atoms with Gasteiger partial charge in [0, 0.05) is 12.3 Å². The molecule has 0 radical (unpaired) electrons. The van der Waals surface area contributed by atoms with Gasteiger partial charge in [0.1, 0.15) is 15.0 Å². The molecule has 0 bridgehead atoms. The van der Waals surface area contributed by atoms with Gasteiger partial charge < -0.3 is 11.1 Å². The maximum atomic E-state index is 11.1. The van der Waals surface area contributed by atoms with Gasteiger partial charge in [0.15, 0.2) is 5.82 Å². The molecule has 0 aromatic carbocycles. The first-order valence-electron chi connectivity index (χ1n) is 4.64. The summed E-state index contributed by atoms with van der Waals surface area (Å²) in [4.78, 5) is 3.98. The number of pyridine rings is 1. The van der Waals surface area contributed by atoms with Crippen LogP contribution in [0.25, 0.3) is 0 Å². The molecule has 1 aromatic rings. The van der Waals surface area contributed by atoms with Crippen LogP contribution in [0.1, 0.15) is 6.92 Å². The highest BCUT2D eigenvalue weighted by Gasteiger charge is 2.12. The van der Waals surface area contributed by atoms with E-state index in [4.69, 9.17) is 17.3 Å². The van der Waals surface area contributed by atoms with E-state index in [0.717, 1.165) is 0 Å². The van der Waals surface area contributed by atoms with Crippen LogP contribution >= 0.6 is 11.6 Å². The summed E-state index contributed by atoms with van der Waals surface area (Å²) in [5, 5.41) is 3.22. The van der Waals surface area contributed by atoms with Gasteiger partial charge in [-0.2, -0.15) is 0 Å². The van der Waals surface area contributed by atoms with E-state index in [2.05, 4.69) is 10.3 Å². The summed E-state index contributed by atoms with van der Waals surface area (Å²) in [5.41, 5.74) is 6.10. The molecule has 90 valence electrons. The van der Waals surface area contributed by atoms with Gasteiger partial charge >= 0.3 is 0 Å². The monoisotopic (exact) mass is 263 g/mol. The van der Waals surface area contributed by atoms with Crippen molar-refractivity contribution in [2.75, 3.05) is 23.1 Å². The molecular formula is C9H14ClN3O2S. The van der Waals surface area contributed by atoms with Crippen molar-refractivity contribution in [1.82, 2.24) is 4.98 Å². The first-order chi connectivity index (χ1) is 7.28. The zero-order valence-electron chi connectivity index (χ0n) is 9.07. The van der Waals surface area contributed by atoms with Crippen LogP contribution in [-0.4, -0.2) is 31.5 Å². The van der Waals surface area contributed by atoms with Crippen molar-refractivity contribution in [1.29, 1.82) is 0 Å². The molecule has 0 saturated heterocycles. The lowest BCUT2D eigenvalue weighted by atomic mass is 10.3. The molecule has 3 N–H and O–H groups in total. The molecule has 1 atom stereocenters. The molecule has 7 heteroatoms. The van der Waals surface area contributed by atoms with Crippen molar-refractivity contribution in [3.63, 3.8) is 0 Å². The van der Waals surface area contributed by atoms with Crippen molar-refractivity contribution in [3.8, 4) is 0 Å². The maximum absolute atomic E-state index is 11.1. The van der Waals surface area contributed by atoms with Crippen LogP contribution in [0, 0.1) is 0 Å². The van der Waals surface area contributed by atoms with Gasteiger partial charge in [0.25, 0.3) is 0 Å². The molecule has 16 heavy (non-hydrogen) atoms. The molecule has 1 unspecified atom stereocenters. The lowest BCUT2D eigenvalue weighted by Crippen LogP contribution is -2.26. The SMILES string of the molecule is CC(CS(C)(=O)=O)Nc1nc(Cl)ccc1N. The zero-order chi connectivity index (χ0) is 12.3. The van der Waals surface area contributed by atoms with Gasteiger partial charge in [-0.05, 0) is 19.1 Å². The van der Waals surface area contributed by atoms with Crippen molar-refractivity contribution in [3.05, 3.63) is 17.3 Å². The van der Waals surface area contributed by atoms with Crippen molar-refractivity contribution < 1.29 is 8.42 Å². The molecule has 0 aliphatic rings. The van der Waals surface area contributed by atoms with Gasteiger partial charge in [0.05, 0.1) is 11.4 Å². The lowest BCUT2D eigenvalue weighted by molar-refractivity contribution is 0.598. The molecule has 5 nitrogen and oxygen atoms in total. The van der Waals surface area contributed by atoms with Crippen LogP contribution in [0.3, 0.4) is 0 Å². The second-order valence-corrected chi connectivity index (χ2v) is 6.28. The minimum atomic E-state index is -3.03. The molecule has 0 spiro atoms. The standard InChI is InChI=1S/C9H14ClN3O2S/c1-6(5-16(2,14)15)12-9-7(11)3-4-8(10)13-9/h3-4,6H,5,11H2,1-2H3,(H,12,13). The normalized spacial score (nSPS) is 13.4. The van der Waals surface area contributed by atoms with Crippen LogP contribution in [-0.2, 0) is 9.84 Å². The molecule has 1 aromatic heterocycles. The summed E-state index contributed by atoms with van der Waals surface area (Å²) in [6.07, 6.45) is 1.18. The third kappa shape index (κ3) is 4.24. The molecule has 1 rings (SSSR count). The third-order valence-corrected chi connectivity index (χ3v) is 3.14. The Morgan fingerprint density at radius 2 is 2.19 bits per heavy atom. The lowest BCUT2D eigenvalue weighted by Gasteiger charge is -2.14. The van der Waals surface area contributed by atoms with E-state index in [1.54, 1.807) is 19.1 Å².